The van der Waals surface area contributed by atoms with E-state index in [1.165, 1.54) is 16.2 Å². The summed E-state index contributed by atoms with van der Waals surface area (Å²) in [7, 11) is 0. The predicted octanol–water partition coefficient (Wildman–Crippen LogP) is 2.16. The zero-order valence-electron chi connectivity index (χ0n) is 21.5. The van der Waals surface area contributed by atoms with Crippen molar-refractivity contribution in [3.8, 4) is 5.75 Å². The van der Waals surface area contributed by atoms with Gasteiger partial charge in [0.15, 0.2) is 0 Å². The SMILES string of the molecule is Cc1cc(/C([O-])=C2\C(=O)C(=O)N(CCC[NH+]3CCOCC3)C2c2cccs2)ccc1OCc1ccccc1. The van der Waals surface area contributed by atoms with Crippen molar-refractivity contribution >= 4 is 28.8 Å². The summed E-state index contributed by atoms with van der Waals surface area (Å²) in [4.78, 5) is 30.2. The minimum absolute atomic E-state index is 0.0357. The maximum atomic E-state index is 13.7. The van der Waals surface area contributed by atoms with Gasteiger partial charge < -0.3 is 24.4 Å². The predicted molar refractivity (Wildman–Crippen MR) is 144 cm³/mol. The summed E-state index contributed by atoms with van der Waals surface area (Å²) in [5, 5.41) is 15.6. The Morgan fingerprint density at radius 1 is 1.11 bits per heavy atom. The van der Waals surface area contributed by atoms with Gasteiger partial charge in [0.25, 0.3) is 5.91 Å². The molecule has 0 saturated carbocycles. The molecular formula is C30H32N2O5S. The van der Waals surface area contributed by atoms with E-state index in [1.807, 2.05) is 54.8 Å². The maximum absolute atomic E-state index is 13.7. The van der Waals surface area contributed by atoms with Crippen LogP contribution in [-0.4, -0.2) is 56.0 Å². The molecule has 1 N–H and O–H groups in total. The first-order chi connectivity index (χ1) is 18.5. The summed E-state index contributed by atoms with van der Waals surface area (Å²) in [5.41, 5.74) is 2.26. The van der Waals surface area contributed by atoms with Gasteiger partial charge in [-0.05, 0) is 47.2 Å². The highest BCUT2D eigenvalue weighted by Crippen LogP contribution is 2.40. The Balaban J connectivity index is 1.38. The Bertz CT molecular complexity index is 1300. The third-order valence-corrected chi connectivity index (χ3v) is 8.07. The molecule has 0 aliphatic carbocycles. The van der Waals surface area contributed by atoms with Gasteiger partial charge in [0.05, 0.1) is 25.8 Å². The number of quaternary nitrogens is 1. The molecule has 2 aliphatic heterocycles. The molecule has 38 heavy (non-hydrogen) atoms. The Kier molecular flexibility index (Phi) is 8.22. The van der Waals surface area contributed by atoms with Gasteiger partial charge in [-0.1, -0.05) is 48.2 Å². The van der Waals surface area contributed by atoms with Gasteiger partial charge in [-0.3, -0.25) is 9.59 Å². The van der Waals surface area contributed by atoms with Crippen LogP contribution >= 0.6 is 11.3 Å². The summed E-state index contributed by atoms with van der Waals surface area (Å²) < 4.78 is 11.4. The molecule has 3 aromatic rings. The molecule has 5 rings (SSSR count). The van der Waals surface area contributed by atoms with Crippen LogP contribution in [0.4, 0.5) is 0 Å². The number of nitrogens with zero attached hydrogens (tertiary/aromatic N) is 1. The topological polar surface area (TPSA) is 83.3 Å². The second kappa shape index (κ2) is 11.9. The first kappa shape index (κ1) is 26.2. The van der Waals surface area contributed by atoms with E-state index >= 15 is 0 Å². The average Bonchev–Trinajstić information content (AvgIpc) is 3.56. The van der Waals surface area contributed by atoms with Gasteiger partial charge in [-0.2, -0.15) is 0 Å². The van der Waals surface area contributed by atoms with Crippen molar-refractivity contribution < 1.29 is 29.1 Å². The van der Waals surface area contributed by atoms with E-state index in [1.54, 1.807) is 23.1 Å². The molecular weight excluding hydrogens is 500 g/mol. The largest absolute Gasteiger partial charge is 0.872 e. The van der Waals surface area contributed by atoms with E-state index in [4.69, 9.17) is 9.47 Å². The van der Waals surface area contributed by atoms with Crippen LogP contribution in [0.25, 0.3) is 5.76 Å². The van der Waals surface area contributed by atoms with Crippen molar-refractivity contribution in [1.82, 2.24) is 4.90 Å². The fourth-order valence-electron chi connectivity index (χ4n) is 5.10. The molecule has 2 aromatic carbocycles. The second-order valence-corrected chi connectivity index (χ2v) is 10.7. The number of amides is 1. The maximum Gasteiger partial charge on any atom is 0.295 e. The number of aryl methyl sites for hydroxylation is 1. The molecule has 0 bridgehead atoms. The number of Topliss-reactive ketones (excluding diaryl/α,β-unsaturated/α-hetero) is 1. The molecule has 198 valence electrons. The Hall–Kier alpha value is -3.46. The van der Waals surface area contributed by atoms with Crippen LogP contribution < -0.4 is 14.7 Å². The lowest BCUT2D eigenvalue weighted by atomic mass is 9.98. The molecule has 8 heteroatoms. The molecule has 3 heterocycles. The fraction of sp³-hybridized carbons (Fsp3) is 0.333. The number of benzene rings is 2. The summed E-state index contributed by atoms with van der Waals surface area (Å²) in [6.45, 7) is 7.00. The zero-order chi connectivity index (χ0) is 26.5. The van der Waals surface area contributed by atoms with Gasteiger partial charge in [0.1, 0.15) is 25.4 Å². The standard InChI is InChI=1S/C30H32N2O5S/c1-21-19-23(10-11-24(21)37-20-22-7-3-2-4-8-22)28(33)26-27(25-9-5-18-38-25)32(30(35)29(26)34)13-6-12-31-14-16-36-17-15-31/h2-5,7-11,18-19,27,33H,6,12-17,20H2,1H3/b28-26+. The van der Waals surface area contributed by atoms with E-state index < -0.39 is 23.5 Å². The third kappa shape index (κ3) is 5.67. The number of hydrogen-bond acceptors (Lipinski definition) is 6. The molecule has 1 aromatic heterocycles. The summed E-state index contributed by atoms with van der Waals surface area (Å²) in [6, 6.07) is 18.2. The van der Waals surface area contributed by atoms with Crippen LogP contribution in [-0.2, 0) is 20.9 Å². The normalized spacial score (nSPS) is 19.7. The number of rotatable bonds is 9. The first-order valence-electron chi connectivity index (χ1n) is 13.0. The minimum Gasteiger partial charge on any atom is -0.872 e. The molecule has 2 aliphatic rings. The van der Waals surface area contributed by atoms with Crippen molar-refractivity contribution in [2.45, 2.75) is 26.0 Å². The van der Waals surface area contributed by atoms with Crippen LogP contribution in [0.2, 0.25) is 0 Å². The molecule has 1 amide bonds. The number of likely N-dealkylation sites (tertiary alicyclic amines) is 1. The van der Waals surface area contributed by atoms with Crippen LogP contribution in [0.5, 0.6) is 5.75 Å². The fourth-order valence-corrected chi connectivity index (χ4v) is 5.94. The molecule has 0 radical (unpaired) electrons. The van der Waals surface area contributed by atoms with E-state index in [0.717, 1.165) is 55.3 Å². The van der Waals surface area contributed by atoms with Crippen molar-refractivity contribution in [2.75, 3.05) is 39.4 Å². The zero-order valence-corrected chi connectivity index (χ0v) is 22.3. The first-order valence-corrected chi connectivity index (χ1v) is 13.9. The van der Waals surface area contributed by atoms with Gasteiger partial charge in [-0.15, -0.1) is 11.3 Å². The third-order valence-electron chi connectivity index (χ3n) is 7.15. The van der Waals surface area contributed by atoms with Crippen molar-refractivity contribution in [3.63, 3.8) is 0 Å². The molecule has 1 atom stereocenters. The van der Waals surface area contributed by atoms with E-state index in [0.29, 0.717) is 24.5 Å². The van der Waals surface area contributed by atoms with Crippen LogP contribution in [0.15, 0.2) is 71.6 Å². The number of morpholine rings is 1. The van der Waals surface area contributed by atoms with Gasteiger partial charge in [-0.25, -0.2) is 0 Å². The lowest BCUT2D eigenvalue weighted by Gasteiger charge is -2.28. The summed E-state index contributed by atoms with van der Waals surface area (Å²) in [6.07, 6.45) is 0.754. The van der Waals surface area contributed by atoms with Crippen LogP contribution in [0.3, 0.4) is 0 Å². The number of ether oxygens (including phenoxy) is 2. The summed E-state index contributed by atoms with van der Waals surface area (Å²) >= 11 is 1.46. The van der Waals surface area contributed by atoms with Crippen molar-refractivity contribution in [3.05, 3.63) is 93.2 Å². The summed E-state index contributed by atoms with van der Waals surface area (Å²) in [5.74, 6) is -1.02. The van der Waals surface area contributed by atoms with Gasteiger partial charge in [0.2, 0.25) is 5.78 Å². The Morgan fingerprint density at radius 2 is 1.89 bits per heavy atom. The minimum atomic E-state index is -0.700. The second-order valence-electron chi connectivity index (χ2n) is 9.71. The smallest absolute Gasteiger partial charge is 0.295 e. The highest BCUT2D eigenvalue weighted by atomic mass is 32.1. The highest BCUT2D eigenvalue weighted by Gasteiger charge is 2.44. The molecule has 0 spiro atoms. The molecule has 1 unspecified atom stereocenters. The van der Waals surface area contributed by atoms with E-state index in [-0.39, 0.29) is 5.57 Å². The number of thiophene rings is 1. The molecule has 2 fully saturated rings. The van der Waals surface area contributed by atoms with Crippen molar-refractivity contribution in [1.29, 1.82) is 0 Å². The van der Waals surface area contributed by atoms with Gasteiger partial charge in [0, 0.05) is 23.4 Å². The lowest BCUT2D eigenvalue weighted by molar-refractivity contribution is -0.908. The average molecular weight is 533 g/mol. The van der Waals surface area contributed by atoms with Crippen LogP contribution in [0, 0.1) is 6.92 Å². The van der Waals surface area contributed by atoms with Gasteiger partial charge >= 0.3 is 0 Å². The molecule has 2 saturated heterocycles. The number of carbonyl (C=O) groups is 2. The number of carbonyl (C=O) groups excluding carboxylic acids is 2. The lowest BCUT2D eigenvalue weighted by Crippen LogP contribution is -3.14. The molecule has 7 nitrogen and oxygen atoms in total. The number of nitrogens with one attached hydrogen (secondary N) is 1. The van der Waals surface area contributed by atoms with E-state index in [9.17, 15) is 14.7 Å². The Labute approximate surface area is 226 Å². The van der Waals surface area contributed by atoms with Crippen molar-refractivity contribution in [2.24, 2.45) is 0 Å². The van der Waals surface area contributed by atoms with E-state index in [2.05, 4.69) is 0 Å². The van der Waals surface area contributed by atoms with Crippen LogP contribution in [0.1, 0.15) is 34.0 Å². The monoisotopic (exact) mass is 532 g/mol. The number of ketones is 1. The Morgan fingerprint density at radius 3 is 2.61 bits per heavy atom. The highest BCUT2D eigenvalue weighted by molar-refractivity contribution is 7.10. The number of hydrogen-bond donors (Lipinski definition) is 1. The quantitative estimate of drug-likeness (QED) is 0.260.